The highest BCUT2D eigenvalue weighted by molar-refractivity contribution is 6.32. The fourth-order valence-electron chi connectivity index (χ4n) is 2.61. The number of hydrogen-bond donors (Lipinski definition) is 1. The summed E-state index contributed by atoms with van der Waals surface area (Å²) in [6.45, 7) is 1.80. The minimum absolute atomic E-state index is 0.000470. The van der Waals surface area contributed by atoms with Gasteiger partial charge in [0.1, 0.15) is 22.9 Å². The van der Waals surface area contributed by atoms with Gasteiger partial charge in [0.2, 0.25) is 0 Å². The largest absolute Gasteiger partial charge is 0.494 e. The summed E-state index contributed by atoms with van der Waals surface area (Å²) < 4.78 is 49.9. The third kappa shape index (κ3) is 4.14. The summed E-state index contributed by atoms with van der Waals surface area (Å²) in [5.74, 6) is 0.557. The molecule has 0 bridgehead atoms. The Kier molecular flexibility index (Phi) is 5.43. The lowest BCUT2D eigenvalue weighted by molar-refractivity contribution is -0.141. The van der Waals surface area contributed by atoms with E-state index in [1.165, 1.54) is 19.2 Å². The van der Waals surface area contributed by atoms with E-state index in [1.54, 1.807) is 30.1 Å². The Bertz CT molecular complexity index is 1150. The lowest BCUT2D eigenvalue weighted by Gasteiger charge is -2.16. The first kappa shape index (κ1) is 20.5. The van der Waals surface area contributed by atoms with E-state index >= 15 is 0 Å². The van der Waals surface area contributed by atoms with E-state index in [0.717, 1.165) is 5.56 Å². The monoisotopic (exact) mass is 426 g/mol. The van der Waals surface area contributed by atoms with Gasteiger partial charge < -0.3 is 14.5 Å². The lowest BCUT2D eigenvalue weighted by Crippen LogP contribution is -2.36. The molecule has 3 rings (SSSR count). The third-order valence-electron chi connectivity index (χ3n) is 4.03. The van der Waals surface area contributed by atoms with Gasteiger partial charge in [0.05, 0.1) is 17.8 Å². The second-order valence-corrected chi connectivity index (χ2v) is 6.39. The molecule has 0 amide bonds. The number of benzene rings is 2. The van der Waals surface area contributed by atoms with Crippen molar-refractivity contribution < 1.29 is 22.6 Å². The van der Waals surface area contributed by atoms with Crippen LogP contribution in [0.4, 0.5) is 13.2 Å². The predicted octanol–water partition coefficient (Wildman–Crippen LogP) is 4.31. The SMILES string of the molecule is COc1cc(Cl)c(Oc2ccccc2C)cc1-n1c(=O)cc(C(F)(F)F)[nH]c1=O. The van der Waals surface area contributed by atoms with Crippen LogP contribution in [0.3, 0.4) is 0 Å². The molecule has 0 spiro atoms. The van der Waals surface area contributed by atoms with Crippen molar-refractivity contribution >= 4 is 11.6 Å². The van der Waals surface area contributed by atoms with Crippen molar-refractivity contribution in [1.29, 1.82) is 0 Å². The van der Waals surface area contributed by atoms with Crippen molar-refractivity contribution in [2.45, 2.75) is 13.1 Å². The van der Waals surface area contributed by atoms with Crippen LogP contribution in [-0.4, -0.2) is 16.7 Å². The van der Waals surface area contributed by atoms with Crippen molar-refractivity contribution in [1.82, 2.24) is 9.55 Å². The van der Waals surface area contributed by atoms with Crippen LogP contribution in [0.1, 0.15) is 11.3 Å². The number of aromatic amines is 1. The molecule has 0 aliphatic heterocycles. The van der Waals surface area contributed by atoms with E-state index in [1.807, 2.05) is 6.07 Å². The number of rotatable bonds is 4. The Morgan fingerprint density at radius 2 is 1.72 bits per heavy atom. The number of aromatic nitrogens is 2. The van der Waals surface area contributed by atoms with Gasteiger partial charge in [-0.1, -0.05) is 29.8 Å². The van der Waals surface area contributed by atoms with Crippen LogP contribution in [0.25, 0.3) is 5.69 Å². The number of alkyl halides is 3. The number of halogens is 4. The molecule has 0 atom stereocenters. The van der Waals surface area contributed by atoms with Crippen LogP contribution < -0.4 is 20.7 Å². The molecule has 1 heterocycles. The third-order valence-corrected chi connectivity index (χ3v) is 4.32. The summed E-state index contributed by atoms with van der Waals surface area (Å²) >= 11 is 6.21. The highest BCUT2D eigenvalue weighted by Gasteiger charge is 2.33. The van der Waals surface area contributed by atoms with Gasteiger partial charge in [0.25, 0.3) is 5.56 Å². The van der Waals surface area contributed by atoms with Crippen LogP contribution in [0.2, 0.25) is 5.02 Å². The number of methoxy groups -OCH3 is 1. The average molecular weight is 427 g/mol. The fourth-order valence-corrected chi connectivity index (χ4v) is 2.80. The Labute approximate surface area is 167 Å². The van der Waals surface area contributed by atoms with Crippen molar-refractivity contribution in [3.8, 4) is 22.9 Å². The molecule has 0 saturated carbocycles. The maximum atomic E-state index is 12.8. The standard InChI is InChI=1S/C19H14ClF3N2O4/c1-10-5-3-4-6-13(10)29-14-8-12(15(28-2)7-11(14)20)25-17(26)9-16(19(21,22)23)24-18(25)27/h3-9H,1-2H3,(H,24,27). The maximum Gasteiger partial charge on any atom is 0.431 e. The average Bonchev–Trinajstić information content (AvgIpc) is 2.64. The molecule has 1 aromatic heterocycles. The second kappa shape index (κ2) is 7.67. The molecule has 3 aromatic rings. The van der Waals surface area contributed by atoms with Gasteiger partial charge in [0, 0.05) is 18.2 Å². The molecule has 152 valence electrons. The van der Waals surface area contributed by atoms with E-state index in [9.17, 15) is 22.8 Å². The number of aryl methyl sites for hydroxylation is 1. The zero-order valence-corrected chi connectivity index (χ0v) is 15.9. The van der Waals surface area contributed by atoms with Crippen molar-refractivity contribution in [2.75, 3.05) is 7.11 Å². The van der Waals surface area contributed by atoms with Gasteiger partial charge in [-0.15, -0.1) is 0 Å². The first-order valence-corrected chi connectivity index (χ1v) is 8.54. The van der Waals surface area contributed by atoms with Gasteiger partial charge in [-0.05, 0) is 18.6 Å². The molecule has 0 aliphatic rings. The van der Waals surface area contributed by atoms with E-state index in [4.69, 9.17) is 21.1 Å². The quantitative estimate of drug-likeness (QED) is 0.674. The molecule has 0 fully saturated rings. The van der Waals surface area contributed by atoms with Crippen molar-refractivity contribution in [2.24, 2.45) is 0 Å². The first-order chi connectivity index (χ1) is 13.6. The van der Waals surface area contributed by atoms with Gasteiger partial charge in [0.15, 0.2) is 0 Å². The number of ether oxygens (including phenoxy) is 2. The summed E-state index contributed by atoms with van der Waals surface area (Å²) in [6.07, 6.45) is -4.87. The van der Waals surface area contributed by atoms with Gasteiger partial charge in [-0.3, -0.25) is 4.79 Å². The number of para-hydroxylation sites is 1. The Morgan fingerprint density at radius 1 is 1.03 bits per heavy atom. The molecule has 2 aromatic carbocycles. The van der Waals surface area contributed by atoms with Crippen molar-refractivity contribution in [3.63, 3.8) is 0 Å². The minimum Gasteiger partial charge on any atom is -0.494 e. The van der Waals surface area contributed by atoms with Crippen LogP contribution >= 0.6 is 11.6 Å². The highest BCUT2D eigenvalue weighted by atomic mass is 35.5. The first-order valence-electron chi connectivity index (χ1n) is 8.17. The van der Waals surface area contributed by atoms with Gasteiger partial charge in [-0.25, -0.2) is 9.36 Å². The van der Waals surface area contributed by atoms with Crippen LogP contribution in [0, 0.1) is 6.92 Å². The molecule has 29 heavy (non-hydrogen) atoms. The minimum atomic E-state index is -4.87. The van der Waals surface area contributed by atoms with E-state index in [2.05, 4.69) is 0 Å². The molecular weight excluding hydrogens is 413 g/mol. The van der Waals surface area contributed by atoms with Crippen LogP contribution in [-0.2, 0) is 6.18 Å². The smallest absolute Gasteiger partial charge is 0.431 e. The molecular formula is C19H14ClF3N2O4. The zero-order chi connectivity index (χ0) is 21.3. The second-order valence-electron chi connectivity index (χ2n) is 5.98. The normalized spacial score (nSPS) is 11.4. The maximum absolute atomic E-state index is 12.8. The molecule has 0 unspecified atom stereocenters. The van der Waals surface area contributed by atoms with Crippen molar-refractivity contribution in [3.05, 3.63) is 79.6 Å². The van der Waals surface area contributed by atoms with Gasteiger partial charge in [-0.2, -0.15) is 13.2 Å². The zero-order valence-electron chi connectivity index (χ0n) is 15.1. The van der Waals surface area contributed by atoms with E-state index in [-0.39, 0.29) is 28.3 Å². The molecule has 0 aliphatic carbocycles. The molecule has 10 heteroatoms. The van der Waals surface area contributed by atoms with Crippen LogP contribution in [0.5, 0.6) is 17.2 Å². The number of H-pyrrole nitrogens is 1. The molecule has 0 radical (unpaired) electrons. The summed E-state index contributed by atoms with van der Waals surface area (Å²) in [7, 11) is 1.26. The molecule has 0 saturated heterocycles. The summed E-state index contributed by atoms with van der Waals surface area (Å²) in [6, 6.07) is 9.88. The summed E-state index contributed by atoms with van der Waals surface area (Å²) in [5.41, 5.74) is -3.25. The number of hydrogen-bond acceptors (Lipinski definition) is 4. The predicted molar refractivity (Wildman–Crippen MR) is 100 cm³/mol. The Hall–Kier alpha value is -3.20. The summed E-state index contributed by atoms with van der Waals surface area (Å²) in [5, 5.41) is 0.116. The fraction of sp³-hybridized carbons (Fsp3) is 0.158. The van der Waals surface area contributed by atoms with Gasteiger partial charge >= 0.3 is 11.9 Å². The highest BCUT2D eigenvalue weighted by Crippen LogP contribution is 2.37. The Morgan fingerprint density at radius 3 is 2.31 bits per heavy atom. The van der Waals surface area contributed by atoms with Crippen LogP contribution in [0.15, 0.2) is 52.1 Å². The summed E-state index contributed by atoms with van der Waals surface area (Å²) in [4.78, 5) is 26.2. The van der Waals surface area contributed by atoms with E-state index < -0.39 is 23.1 Å². The van der Waals surface area contributed by atoms with E-state index in [0.29, 0.717) is 10.3 Å². The lowest BCUT2D eigenvalue weighted by atomic mass is 10.2. The molecule has 6 nitrogen and oxygen atoms in total. The molecule has 1 N–H and O–H groups in total. The Balaban J connectivity index is 2.19. The topological polar surface area (TPSA) is 73.3 Å². The number of nitrogens with one attached hydrogen (secondary N) is 1. The number of nitrogens with zero attached hydrogens (tertiary/aromatic N) is 1.